The fourth-order valence-electron chi connectivity index (χ4n) is 3.80. The Labute approximate surface area is 218 Å². The SMILES string of the molecule is N#CC(=C(O)COC(=O)c1cc(-c2ccc(OC(F)F)cc2)nc2ccccc12)c1nc2ccccc2s1. The monoisotopic (exact) mass is 529 g/mol. The number of carbonyl (C=O) groups is 1. The lowest BCUT2D eigenvalue weighted by Gasteiger charge is -2.11. The lowest BCUT2D eigenvalue weighted by Crippen LogP contribution is -2.10. The van der Waals surface area contributed by atoms with Crippen LogP contribution >= 0.6 is 11.3 Å². The number of aromatic nitrogens is 2. The van der Waals surface area contributed by atoms with Gasteiger partial charge in [-0.25, -0.2) is 14.8 Å². The van der Waals surface area contributed by atoms with Crippen molar-refractivity contribution < 1.29 is 28.2 Å². The van der Waals surface area contributed by atoms with Crippen LogP contribution in [0.25, 0.3) is 38.0 Å². The minimum absolute atomic E-state index is 0.00661. The average Bonchev–Trinajstić information content (AvgIpc) is 3.35. The normalized spacial score (nSPS) is 11.8. The molecule has 10 heteroatoms. The van der Waals surface area contributed by atoms with Crippen LogP contribution in [0.15, 0.2) is 84.6 Å². The van der Waals surface area contributed by atoms with Crippen LogP contribution in [0, 0.1) is 11.3 Å². The van der Waals surface area contributed by atoms with Gasteiger partial charge in [0.15, 0.2) is 5.76 Å². The number of thiazole rings is 1. The number of allylic oxidation sites excluding steroid dienone is 1. The number of nitrogens with zero attached hydrogens (tertiary/aromatic N) is 3. The molecule has 0 amide bonds. The van der Waals surface area contributed by atoms with E-state index in [1.54, 1.807) is 42.5 Å². The van der Waals surface area contributed by atoms with Gasteiger partial charge in [0.2, 0.25) is 0 Å². The topological polar surface area (TPSA) is 105 Å². The van der Waals surface area contributed by atoms with E-state index in [0.29, 0.717) is 32.7 Å². The van der Waals surface area contributed by atoms with Crippen LogP contribution in [0.1, 0.15) is 15.4 Å². The quantitative estimate of drug-likeness (QED) is 0.141. The van der Waals surface area contributed by atoms with E-state index >= 15 is 0 Å². The number of aliphatic hydroxyl groups excluding tert-OH is 1. The van der Waals surface area contributed by atoms with Gasteiger partial charge in [0, 0.05) is 10.9 Å². The molecule has 188 valence electrons. The Morgan fingerprint density at radius 1 is 1.00 bits per heavy atom. The van der Waals surface area contributed by atoms with Crippen LogP contribution in [0.5, 0.6) is 5.75 Å². The van der Waals surface area contributed by atoms with Gasteiger partial charge in [0.1, 0.15) is 29.0 Å². The van der Waals surface area contributed by atoms with E-state index in [0.717, 1.165) is 4.70 Å². The molecule has 38 heavy (non-hydrogen) atoms. The number of esters is 1. The van der Waals surface area contributed by atoms with E-state index in [1.165, 1.54) is 29.5 Å². The summed E-state index contributed by atoms with van der Waals surface area (Å²) in [5.74, 6) is -1.17. The Morgan fingerprint density at radius 3 is 2.42 bits per heavy atom. The largest absolute Gasteiger partial charge is 0.507 e. The maximum Gasteiger partial charge on any atom is 0.387 e. The standard InChI is InChI=1S/C28H17F2N3O4S/c29-28(30)37-17-11-9-16(10-12-17)23-13-19(18-5-1-2-6-21(18)32-23)27(35)36-15-24(34)20(14-31)26-33-22-7-3-4-8-25(22)38-26/h1-13,28,34H,15H2. The molecule has 7 nitrogen and oxygen atoms in total. The minimum Gasteiger partial charge on any atom is -0.507 e. The molecule has 0 atom stereocenters. The van der Waals surface area contributed by atoms with E-state index in [-0.39, 0.29) is 16.9 Å². The van der Waals surface area contributed by atoms with Gasteiger partial charge in [0.25, 0.3) is 0 Å². The summed E-state index contributed by atoms with van der Waals surface area (Å²) in [6.07, 6.45) is 0. The number of aliphatic hydroxyl groups is 1. The van der Waals surface area contributed by atoms with Crippen LogP contribution in [0.3, 0.4) is 0 Å². The maximum atomic E-state index is 13.1. The fourth-order valence-corrected chi connectivity index (χ4v) is 4.78. The molecule has 0 spiro atoms. The van der Waals surface area contributed by atoms with Gasteiger partial charge < -0.3 is 14.6 Å². The fraction of sp³-hybridized carbons (Fsp3) is 0.0714. The van der Waals surface area contributed by atoms with Gasteiger partial charge in [-0.1, -0.05) is 30.3 Å². The Hall–Kier alpha value is -4.88. The molecule has 5 rings (SSSR count). The number of halogens is 2. The van der Waals surface area contributed by atoms with Gasteiger partial charge >= 0.3 is 12.6 Å². The Kier molecular flexibility index (Phi) is 6.93. The van der Waals surface area contributed by atoms with Crippen molar-refractivity contribution in [3.63, 3.8) is 0 Å². The molecule has 0 aliphatic carbocycles. The second-order valence-electron chi connectivity index (χ2n) is 7.97. The molecule has 0 bridgehead atoms. The van der Waals surface area contributed by atoms with E-state index in [4.69, 9.17) is 4.74 Å². The van der Waals surface area contributed by atoms with Crippen LogP contribution in [0.2, 0.25) is 0 Å². The van der Waals surface area contributed by atoms with E-state index in [1.807, 2.05) is 24.3 Å². The van der Waals surface area contributed by atoms with Crippen molar-refractivity contribution in [3.8, 4) is 23.1 Å². The molecule has 0 aliphatic rings. The molecule has 0 radical (unpaired) electrons. The molecular weight excluding hydrogens is 512 g/mol. The van der Waals surface area contributed by atoms with Gasteiger partial charge in [-0.2, -0.15) is 14.0 Å². The molecule has 2 aromatic heterocycles. The number of para-hydroxylation sites is 2. The first-order valence-corrected chi connectivity index (χ1v) is 12.0. The highest BCUT2D eigenvalue weighted by atomic mass is 32.1. The zero-order valence-corrected chi connectivity index (χ0v) is 20.3. The first-order chi connectivity index (χ1) is 18.4. The number of rotatable bonds is 7. The van der Waals surface area contributed by atoms with Crippen LogP contribution < -0.4 is 4.74 Å². The van der Waals surface area contributed by atoms with Crippen molar-refractivity contribution >= 4 is 44.0 Å². The number of hydrogen-bond acceptors (Lipinski definition) is 8. The van der Waals surface area contributed by atoms with Gasteiger partial charge in [0.05, 0.1) is 27.0 Å². The maximum absolute atomic E-state index is 13.1. The van der Waals surface area contributed by atoms with E-state index < -0.39 is 24.9 Å². The molecule has 0 saturated heterocycles. The highest BCUT2D eigenvalue weighted by molar-refractivity contribution is 7.19. The smallest absolute Gasteiger partial charge is 0.387 e. The van der Waals surface area contributed by atoms with Crippen molar-refractivity contribution in [2.75, 3.05) is 6.61 Å². The second kappa shape index (κ2) is 10.6. The predicted octanol–water partition coefficient (Wildman–Crippen LogP) is 6.76. The molecular formula is C28H17F2N3O4S. The molecule has 1 N–H and O–H groups in total. The summed E-state index contributed by atoms with van der Waals surface area (Å²) in [7, 11) is 0. The van der Waals surface area contributed by atoms with Crippen molar-refractivity contribution in [1.29, 1.82) is 5.26 Å². The minimum atomic E-state index is -2.94. The van der Waals surface area contributed by atoms with Crippen molar-refractivity contribution in [3.05, 3.63) is 95.2 Å². The molecule has 2 heterocycles. The van der Waals surface area contributed by atoms with Crippen molar-refractivity contribution in [2.45, 2.75) is 6.61 Å². The Bertz CT molecular complexity index is 1690. The van der Waals surface area contributed by atoms with Crippen LogP contribution in [0.4, 0.5) is 8.78 Å². The summed E-state index contributed by atoms with van der Waals surface area (Å²) in [6.45, 7) is -3.48. The first-order valence-electron chi connectivity index (χ1n) is 11.2. The lowest BCUT2D eigenvalue weighted by atomic mass is 10.0. The number of pyridine rings is 1. The Balaban J connectivity index is 1.43. The predicted molar refractivity (Wildman–Crippen MR) is 139 cm³/mol. The van der Waals surface area contributed by atoms with E-state index in [2.05, 4.69) is 14.7 Å². The third-order valence-electron chi connectivity index (χ3n) is 5.56. The number of fused-ring (bicyclic) bond motifs is 2. The van der Waals surface area contributed by atoms with Crippen molar-refractivity contribution in [2.24, 2.45) is 0 Å². The number of ether oxygens (including phenoxy) is 2. The zero-order valence-electron chi connectivity index (χ0n) is 19.5. The summed E-state index contributed by atoms with van der Waals surface area (Å²) in [5.41, 5.74) is 2.28. The molecule has 0 saturated carbocycles. The first kappa shape index (κ1) is 24.8. The summed E-state index contributed by atoms with van der Waals surface area (Å²) < 4.78 is 35.6. The van der Waals surface area contributed by atoms with E-state index in [9.17, 15) is 23.9 Å². The highest BCUT2D eigenvalue weighted by Gasteiger charge is 2.19. The number of benzene rings is 3. The highest BCUT2D eigenvalue weighted by Crippen LogP contribution is 2.29. The number of carbonyl (C=O) groups excluding carboxylic acids is 1. The summed E-state index contributed by atoms with van der Waals surface area (Å²) in [6, 6.07) is 23.6. The number of nitriles is 1. The second-order valence-corrected chi connectivity index (χ2v) is 9.00. The van der Waals surface area contributed by atoms with Crippen molar-refractivity contribution in [1.82, 2.24) is 9.97 Å². The third-order valence-corrected chi connectivity index (χ3v) is 6.61. The van der Waals surface area contributed by atoms with Crippen LogP contribution in [-0.4, -0.2) is 34.3 Å². The third kappa shape index (κ3) is 5.14. The van der Waals surface area contributed by atoms with Gasteiger partial charge in [-0.05, 0) is 48.5 Å². The molecule has 0 unspecified atom stereocenters. The zero-order chi connectivity index (χ0) is 26.6. The lowest BCUT2D eigenvalue weighted by molar-refractivity contribution is -0.0498. The van der Waals surface area contributed by atoms with Gasteiger partial charge in [-0.15, -0.1) is 11.3 Å². The van der Waals surface area contributed by atoms with Gasteiger partial charge in [-0.3, -0.25) is 0 Å². The average molecular weight is 530 g/mol. The summed E-state index contributed by atoms with van der Waals surface area (Å²) in [5, 5.41) is 21.1. The molecule has 0 fully saturated rings. The number of alkyl halides is 2. The molecule has 0 aliphatic heterocycles. The summed E-state index contributed by atoms with van der Waals surface area (Å²) >= 11 is 1.24. The Morgan fingerprint density at radius 2 is 1.71 bits per heavy atom. The summed E-state index contributed by atoms with van der Waals surface area (Å²) in [4.78, 5) is 22.1. The molecule has 3 aromatic carbocycles. The van der Waals surface area contributed by atoms with Crippen LogP contribution in [-0.2, 0) is 4.74 Å². The molecule has 5 aromatic rings. The number of hydrogen-bond donors (Lipinski definition) is 1.